The van der Waals surface area contributed by atoms with Gasteiger partial charge < -0.3 is 15.2 Å². The number of nitriles is 1. The maximum Gasteiger partial charge on any atom is 0.306 e. The maximum absolute atomic E-state index is 12.4. The molecule has 0 aromatic heterocycles. The SMILES string of the molecule is C[C@@H]1CCCC[C@H]1NC(=O)/C(C#N)=C/c1ccc(OCCC(=O)O)cc1. The highest BCUT2D eigenvalue weighted by Crippen LogP contribution is 2.24. The van der Waals surface area contributed by atoms with E-state index in [0.29, 0.717) is 17.2 Å². The van der Waals surface area contributed by atoms with E-state index >= 15 is 0 Å². The van der Waals surface area contributed by atoms with Crippen LogP contribution >= 0.6 is 0 Å². The van der Waals surface area contributed by atoms with Gasteiger partial charge in [-0.15, -0.1) is 0 Å². The van der Waals surface area contributed by atoms with Crippen molar-refractivity contribution in [2.24, 2.45) is 5.92 Å². The lowest BCUT2D eigenvalue weighted by molar-refractivity contribution is -0.137. The minimum Gasteiger partial charge on any atom is -0.493 e. The lowest BCUT2D eigenvalue weighted by Gasteiger charge is -2.29. The van der Waals surface area contributed by atoms with Crippen LogP contribution in [0.3, 0.4) is 0 Å². The summed E-state index contributed by atoms with van der Waals surface area (Å²) in [6, 6.07) is 8.91. The van der Waals surface area contributed by atoms with Gasteiger partial charge >= 0.3 is 5.97 Å². The van der Waals surface area contributed by atoms with Crippen molar-refractivity contribution in [2.75, 3.05) is 6.61 Å². The molecule has 0 aliphatic heterocycles. The van der Waals surface area contributed by atoms with Crippen LogP contribution in [0.5, 0.6) is 5.75 Å². The molecule has 0 unspecified atom stereocenters. The summed E-state index contributed by atoms with van der Waals surface area (Å²) in [6.07, 6.45) is 5.82. The highest BCUT2D eigenvalue weighted by Gasteiger charge is 2.23. The number of amides is 1. The van der Waals surface area contributed by atoms with Crippen LogP contribution < -0.4 is 10.1 Å². The van der Waals surface area contributed by atoms with E-state index in [1.165, 1.54) is 6.42 Å². The van der Waals surface area contributed by atoms with Crippen LogP contribution in [-0.2, 0) is 9.59 Å². The molecule has 2 rings (SSSR count). The Kier molecular flexibility index (Phi) is 7.22. The molecule has 1 saturated carbocycles. The van der Waals surface area contributed by atoms with Crippen LogP contribution in [-0.4, -0.2) is 29.6 Å². The second-order valence-corrected chi connectivity index (χ2v) is 6.57. The molecule has 0 saturated heterocycles. The van der Waals surface area contributed by atoms with Crippen LogP contribution in [0.2, 0.25) is 0 Å². The molecule has 6 heteroatoms. The Labute approximate surface area is 153 Å². The number of hydrogen-bond acceptors (Lipinski definition) is 4. The molecule has 0 bridgehead atoms. The van der Waals surface area contributed by atoms with Gasteiger partial charge in [0.05, 0.1) is 13.0 Å². The molecule has 138 valence electrons. The lowest BCUT2D eigenvalue weighted by Crippen LogP contribution is -2.41. The molecule has 0 radical (unpaired) electrons. The van der Waals surface area contributed by atoms with Gasteiger partial charge in [-0.25, -0.2) is 0 Å². The molecule has 0 heterocycles. The Hall–Kier alpha value is -2.81. The van der Waals surface area contributed by atoms with Gasteiger partial charge in [-0.3, -0.25) is 9.59 Å². The number of carbonyl (C=O) groups excluding carboxylic acids is 1. The van der Waals surface area contributed by atoms with E-state index in [4.69, 9.17) is 9.84 Å². The predicted molar refractivity (Wildman–Crippen MR) is 97.3 cm³/mol. The van der Waals surface area contributed by atoms with Crippen molar-refractivity contribution < 1.29 is 19.4 Å². The highest BCUT2D eigenvalue weighted by atomic mass is 16.5. The summed E-state index contributed by atoms with van der Waals surface area (Å²) < 4.78 is 5.32. The standard InChI is InChI=1S/C20H24N2O4/c1-14-4-2-3-5-18(14)22-20(25)16(13-21)12-15-6-8-17(9-7-15)26-11-10-19(23)24/h6-9,12,14,18H,2-5,10-11H2,1H3,(H,22,25)(H,23,24)/b16-12+/t14-,18-/m1/s1. The van der Waals surface area contributed by atoms with Gasteiger partial charge in [0.2, 0.25) is 0 Å². The van der Waals surface area contributed by atoms with Crippen molar-refractivity contribution >= 4 is 18.0 Å². The normalized spacial score (nSPS) is 20.1. The monoisotopic (exact) mass is 356 g/mol. The van der Waals surface area contributed by atoms with E-state index in [1.54, 1.807) is 30.3 Å². The van der Waals surface area contributed by atoms with E-state index < -0.39 is 5.97 Å². The minimum atomic E-state index is -0.915. The fraction of sp³-hybridized carbons (Fsp3) is 0.450. The molecule has 1 fully saturated rings. The van der Waals surface area contributed by atoms with Crippen molar-refractivity contribution in [3.63, 3.8) is 0 Å². The molecular formula is C20H24N2O4. The molecule has 1 aromatic rings. The molecule has 1 amide bonds. The van der Waals surface area contributed by atoms with E-state index in [2.05, 4.69) is 12.2 Å². The summed E-state index contributed by atoms with van der Waals surface area (Å²) in [4.78, 5) is 22.9. The van der Waals surface area contributed by atoms with E-state index in [0.717, 1.165) is 19.3 Å². The van der Waals surface area contributed by atoms with Crippen molar-refractivity contribution in [1.82, 2.24) is 5.32 Å². The smallest absolute Gasteiger partial charge is 0.306 e. The van der Waals surface area contributed by atoms with E-state index in [1.807, 2.05) is 6.07 Å². The fourth-order valence-electron chi connectivity index (χ4n) is 3.01. The van der Waals surface area contributed by atoms with Crippen LogP contribution in [0, 0.1) is 17.2 Å². The second kappa shape index (κ2) is 9.62. The van der Waals surface area contributed by atoms with Crippen LogP contribution in [0.1, 0.15) is 44.6 Å². The lowest BCUT2D eigenvalue weighted by atomic mass is 9.86. The number of nitrogens with one attached hydrogen (secondary N) is 1. The zero-order valence-corrected chi connectivity index (χ0v) is 14.9. The second-order valence-electron chi connectivity index (χ2n) is 6.57. The third-order valence-corrected chi connectivity index (χ3v) is 4.57. The average molecular weight is 356 g/mol. The molecule has 1 aromatic carbocycles. The average Bonchev–Trinajstić information content (AvgIpc) is 2.62. The summed E-state index contributed by atoms with van der Waals surface area (Å²) >= 11 is 0. The van der Waals surface area contributed by atoms with Crippen molar-refractivity contribution in [1.29, 1.82) is 5.26 Å². The summed E-state index contributed by atoms with van der Waals surface area (Å²) in [5, 5.41) is 20.9. The third kappa shape index (κ3) is 5.92. The first-order valence-corrected chi connectivity index (χ1v) is 8.87. The molecule has 0 spiro atoms. The van der Waals surface area contributed by atoms with Gasteiger partial charge in [-0.1, -0.05) is 31.9 Å². The Morgan fingerprint density at radius 1 is 1.31 bits per heavy atom. The minimum absolute atomic E-state index is 0.0694. The number of benzene rings is 1. The van der Waals surface area contributed by atoms with Gasteiger partial charge in [0.15, 0.2) is 0 Å². The van der Waals surface area contributed by atoms with Crippen LogP contribution in [0.15, 0.2) is 29.8 Å². The molecule has 6 nitrogen and oxygen atoms in total. The fourth-order valence-corrected chi connectivity index (χ4v) is 3.01. The summed E-state index contributed by atoms with van der Waals surface area (Å²) in [5.74, 6) is -0.285. The molecule has 26 heavy (non-hydrogen) atoms. The summed E-state index contributed by atoms with van der Waals surface area (Å²) in [7, 11) is 0. The van der Waals surface area contributed by atoms with Gasteiger partial charge in [-0.05, 0) is 42.5 Å². The largest absolute Gasteiger partial charge is 0.493 e. The first-order chi connectivity index (χ1) is 12.5. The first kappa shape index (κ1) is 19.5. The first-order valence-electron chi connectivity index (χ1n) is 8.87. The van der Waals surface area contributed by atoms with E-state index in [-0.39, 0.29) is 30.5 Å². The molecular weight excluding hydrogens is 332 g/mol. The van der Waals surface area contributed by atoms with Crippen LogP contribution in [0.4, 0.5) is 0 Å². The van der Waals surface area contributed by atoms with Crippen molar-refractivity contribution in [3.05, 3.63) is 35.4 Å². The maximum atomic E-state index is 12.4. The molecule has 2 atom stereocenters. The number of carboxylic acid groups (broad SMARTS) is 1. The van der Waals surface area contributed by atoms with Crippen molar-refractivity contribution in [2.45, 2.75) is 45.1 Å². The van der Waals surface area contributed by atoms with Gasteiger partial charge in [-0.2, -0.15) is 5.26 Å². The summed E-state index contributed by atoms with van der Waals surface area (Å²) in [6.45, 7) is 2.22. The number of carboxylic acids is 1. The van der Waals surface area contributed by atoms with Gasteiger partial charge in [0, 0.05) is 6.04 Å². The molecule has 1 aliphatic rings. The number of hydrogen-bond donors (Lipinski definition) is 2. The van der Waals surface area contributed by atoms with Crippen LogP contribution in [0.25, 0.3) is 6.08 Å². The van der Waals surface area contributed by atoms with Gasteiger partial charge in [0.1, 0.15) is 17.4 Å². The zero-order chi connectivity index (χ0) is 18.9. The van der Waals surface area contributed by atoms with Gasteiger partial charge in [0.25, 0.3) is 5.91 Å². The van der Waals surface area contributed by atoms with Crippen molar-refractivity contribution in [3.8, 4) is 11.8 Å². The number of ether oxygens (including phenoxy) is 1. The highest BCUT2D eigenvalue weighted by molar-refractivity contribution is 6.01. The Balaban J connectivity index is 1.97. The quantitative estimate of drug-likeness (QED) is 0.577. The Bertz CT molecular complexity index is 704. The third-order valence-electron chi connectivity index (χ3n) is 4.57. The number of carbonyl (C=O) groups is 2. The molecule has 2 N–H and O–H groups in total. The Morgan fingerprint density at radius 3 is 2.62 bits per heavy atom. The topological polar surface area (TPSA) is 99.4 Å². The number of aliphatic carboxylic acids is 1. The summed E-state index contributed by atoms with van der Waals surface area (Å²) in [5.41, 5.74) is 0.779. The Morgan fingerprint density at radius 2 is 2.00 bits per heavy atom. The predicted octanol–water partition coefficient (Wildman–Crippen LogP) is 3.14. The molecule has 1 aliphatic carbocycles. The van der Waals surface area contributed by atoms with E-state index in [9.17, 15) is 14.9 Å². The number of nitrogens with zero attached hydrogens (tertiary/aromatic N) is 1. The number of rotatable bonds is 7. The zero-order valence-electron chi connectivity index (χ0n) is 14.9.